The molecule has 0 aliphatic carbocycles. The van der Waals surface area contributed by atoms with E-state index in [4.69, 9.17) is 4.98 Å². The van der Waals surface area contributed by atoms with Gasteiger partial charge < -0.3 is 9.97 Å². The Morgan fingerprint density at radius 2 is 1.83 bits per heavy atom. The smallest absolute Gasteiger partial charge is 0.256 e. The molecule has 0 fully saturated rings. The molecular weight excluding hydrogens is 399 g/mol. The molecule has 0 saturated carbocycles. The second-order valence-electron chi connectivity index (χ2n) is 7.01. The average molecular weight is 412 g/mol. The Morgan fingerprint density at radius 3 is 2.77 bits per heavy atom. The summed E-state index contributed by atoms with van der Waals surface area (Å²) in [5.41, 5.74) is 1.20. The summed E-state index contributed by atoms with van der Waals surface area (Å²) in [5.74, 6) is -0.387. The maximum Gasteiger partial charge on any atom is 0.256 e. The highest BCUT2D eigenvalue weighted by Crippen LogP contribution is 2.37. The zero-order chi connectivity index (χ0) is 20.2. The van der Waals surface area contributed by atoms with E-state index in [1.165, 1.54) is 23.9 Å². The summed E-state index contributed by atoms with van der Waals surface area (Å²) in [6.45, 7) is 0. The van der Waals surface area contributed by atoms with Crippen molar-refractivity contribution in [2.45, 2.75) is 10.1 Å². The predicted molar refractivity (Wildman–Crippen MR) is 118 cm³/mol. The molecule has 3 aromatic heterocycles. The molecule has 0 unspecified atom stereocenters. The van der Waals surface area contributed by atoms with Gasteiger partial charge in [-0.25, -0.2) is 9.37 Å². The van der Waals surface area contributed by atoms with Crippen molar-refractivity contribution in [1.29, 1.82) is 0 Å². The predicted octanol–water partition coefficient (Wildman–Crippen LogP) is 5.40. The molecule has 0 aliphatic heterocycles. The van der Waals surface area contributed by atoms with Gasteiger partial charge in [0.15, 0.2) is 5.16 Å². The normalized spacial score (nSPS) is 11.8. The number of nitrogens with zero attached hydrogens (tertiary/aromatic N) is 2. The van der Waals surface area contributed by atoms with Crippen LogP contribution in [0.3, 0.4) is 0 Å². The number of H-pyrrole nitrogens is 2. The first-order valence-electron chi connectivity index (χ1n) is 9.32. The van der Waals surface area contributed by atoms with E-state index < -0.39 is 0 Å². The summed E-state index contributed by atoms with van der Waals surface area (Å²) in [4.78, 5) is 28.7. The van der Waals surface area contributed by atoms with Gasteiger partial charge in [-0.15, -0.1) is 0 Å². The van der Waals surface area contributed by atoms with Gasteiger partial charge in [-0.2, -0.15) is 0 Å². The summed E-state index contributed by atoms with van der Waals surface area (Å²) >= 11 is 1.48. The van der Waals surface area contributed by atoms with Gasteiger partial charge in [0, 0.05) is 45.0 Å². The highest BCUT2D eigenvalue weighted by Gasteiger charge is 2.16. The lowest BCUT2D eigenvalue weighted by Crippen LogP contribution is -2.05. The van der Waals surface area contributed by atoms with Crippen LogP contribution in [0.25, 0.3) is 43.4 Å². The Bertz CT molecular complexity index is 1670. The maximum absolute atomic E-state index is 14.0. The zero-order valence-electron chi connectivity index (χ0n) is 15.4. The van der Waals surface area contributed by atoms with Crippen LogP contribution in [-0.4, -0.2) is 19.9 Å². The van der Waals surface area contributed by atoms with Crippen molar-refractivity contribution >= 4 is 55.1 Å². The first-order chi connectivity index (χ1) is 14.7. The highest BCUT2D eigenvalue weighted by atomic mass is 32.2. The standard InChI is InChI=1S/C23H13FN4OS/c24-13-5-6-15-17(9-13)19-16(7-8-26-22(19)29)21-20(15)27-23(28-21)30-18-11-25-10-12-3-1-2-4-14(12)18/h1-11H,(H,26,29)(H,27,28). The van der Waals surface area contributed by atoms with Crippen LogP contribution in [0.1, 0.15) is 0 Å². The Labute approximate surface area is 173 Å². The number of aromatic amines is 2. The van der Waals surface area contributed by atoms with Gasteiger partial charge in [0.05, 0.1) is 16.4 Å². The molecule has 3 aromatic carbocycles. The van der Waals surface area contributed by atoms with Gasteiger partial charge >= 0.3 is 0 Å². The molecule has 0 spiro atoms. The van der Waals surface area contributed by atoms with E-state index in [0.29, 0.717) is 26.8 Å². The van der Waals surface area contributed by atoms with Crippen LogP contribution in [0.4, 0.5) is 4.39 Å². The third-order valence-electron chi connectivity index (χ3n) is 5.26. The van der Waals surface area contributed by atoms with E-state index in [9.17, 15) is 9.18 Å². The highest BCUT2D eigenvalue weighted by molar-refractivity contribution is 7.99. The average Bonchev–Trinajstić information content (AvgIpc) is 3.18. The van der Waals surface area contributed by atoms with Crippen molar-refractivity contribution in [2.75, 3.05) is 0 Å². The number of imidazole rings is 1. The number of nitrogens with one attached hydrogen (secondary N) is 2. The van der Waals surface area contributed by atoms with E-state index in [-0.39, 0.29) is 11.4 Å². The fourth-order valence-electron chi connectivity index (χ4n) is 3.95. The Hall–Kier alpha value is -3.71. The molecule has 0 bridgehead atoms. The molecule has 6 aromatic rings. The summed E-state index contributed by atoms with van der Waals surface area (Å²) < 4.78 is 14.0. The minimum Gasteiger partial charge on any atom is -0.332 e. The number of fused-ring (bicyclic) bond motifs is 7. The van der Waals surface area contributed by atoms with E-state index in [1.807, 2.05) is 30.6 Å². The topological polar surface area (TPSA) is 74.4 Å². The second-order valence-corrected chi connectivity index (χ2v) is 8.04. The lowest BCUT2D eigenvalue weighted by atomic mass is 10.0. The minimum atomic E-state index is -0.387. The fourth-order valence-corrected chi connectivity index (χ4v) is 4.86. The molecule has 7 heteroatoms. The molecule has 6 rings (SSSR count). The van der Waals surface area contributed by atoms with Gasteiger partial charge in [-0.3, -0.25) is 9.78 Å². The maximum atomic E-state index is 14.0. The van der Waals surface area contributed by atoms with E-state index in [0.717, 1.165) is 26.6 Å². The molecule has 0 amide bonds. The van der Waals surface area contributed by atoms with Gasteiger partial charge in [-0.05, 0) is 41.4 Å². The first-order valence-corrected chi connectivity index (χ1v) is 10.1. The molecule has 0 saturated heterocycles. The number of halogens is 1. The SMILES string of the molecule is O=c1[nH]ccc2c3nc(Sc4cncc5ccccc45)[nH]c3c3ccc(F)cc3c12. The number of benzene rings is 3. The number of hydrogen-bond donors (Lipinski definition) is 2. The van der Waals surface area contributed by atoms with Crippen LogP contribution >= 0.6 is 11.8 Å². The lowest BCUT2D eigenvalue weighted by molar-refractivity contribution is 0.630. The Balaban J connectivity index is 1.64. The van der Waals surface area contributed by atoms with Crippen LogP contribution in [0.5, 0.6) is 0 Å². The Kier molecular flexibility index (Phi) is 3.66. The van der Waals surface area contributed by atoms with E-state index >= 15 is 0 Å². The molecule has 144 valence electrons. The van der Waals surface area contributed by atoms with Gasteiger partial charge in [0.25, 0.3) is 5.56 Å². The summed E-state index contributed by atoms with van der Waals surface area (Å²) in [6.07, 6.45) is 5.24. The van der Waals surface area contributed by atoms with Gasteiger partial charge in [0.2, 0.25) is 0 Å². The zero-order valence-corrected chi connectivity index (χ0v) is 16.3. The van der Waals surface area contributed by atoms with E-state index in [2.05, 4.69) is 21.0 Å². The molecule has 0 radical (unpaired) electrons. The van der Waals surface area contributed by atoms with Crippen molar-refractivity contribution in [1.82, 2.24) is 19.9 Å². The van der Waals surface area contributed by atoms with Crippen molar-refractivity contribution in [3.05, 3.63) is 83.3 Å². The molecule has 3 heterocycles. The Morgan fingerprint density at radius 1 is 0.933 bits per heavy atom. The molecule has 30 heavy (non-hydrogen) atoms. The van der Waals surface area contributed by atoms with Crippen molar-refractivity contribution < 1.29 is 4.39 Å². The van der Waals surface area contributed by atoms with Crippen LogP contribution < -0.4 is 5.56 Å². The largest absolute Gasteiger partial charge is 0.332 e. The molecule has 0 aliphatic rings. The number of aromatic nitrogens is 4. The number of hydrogen-bond acceptors (Lipinski definition) is 4. The van der Waals surface area contributed by atoms with Crippen molar-refractivity contribution in [2.24, 2.45) is 0 Å². The molecule has 5 nitrogen and oxygen atoms in total. The number of pyridine rings is 2. The van der Waals surface area contributed by atoms with Gasteiger partial charge in [0.1, 0.15) is 5.82 Å². The van der Waals surface area contributed by atoms with E-state index in [1.54, 1.807) is 18.3 Å². The summed E-state index contributed by atoms with van der Waals surface area (Å²) in [7, 11) is 0. The lowest BCUT2D eigenvalue weighted by Gasteiger charge is -2.05. The van der Waals surface area contributed by atoms with Crippen molar-refractivity contribution in [3.63, 3.8) is 0 Å². The van der Waals surface area contributed by atoms with Crippen molar-refractivity contribution in [3.8, 4) is 0 Å². The summed E-state index contributed by atoms with van der Waals surface area (Å²) in [5, 5.41) is 5.27. The quantitative estimate of drug-likeness (QED) is 0.374. The van der Waals surface area contributed by atoms with Crippen LogP contribution in [0.2, 0.25) is 0 Å². The monoisotopic (exact) mass is 412 g/mol. The fraction of sp³-hybridized carbons (Fsp3) is 0. The minimum absolute atomic E-state index is 0.263. The molecular formula is C23H13FN4OS. The third kappa shape index (κ3) is 2.52. The first kappa shape index (κ1) is 17.2. The van der Waals surface area contributed by atoms with Crippen LogP contribution in [0, 0.1) is 5.82 Å². The molecule has 0 atom stereocenters. The number of rotatable bonds is 2. The second kappa shape index (κ2) is 6.40. The third-order valence-corrected chi connectivity index (χ3v) is 6.19. The van der Waals surface area contributed by atoms with Crippen LogP contribution in [-0.2, 0) is 0 Å². The molecule has 2 N–H and O–H groups in total. The van der Waals surface area contributed by atoms with Gasteiger partial charge in [-0.1, -0.05) is 24.3 Å². The van der Waals surface area contributed by atoms with Crippen LogP contribution in [0.15, 0.2) is 82.0 Å². The summed E-state index contributed by atoms with van der Waals surface area (Å²) in [6, 6.07) is 14.3.